The molecule has 0 atom stereocenters. The molecule has 1 heterocycles. The molecule has 0 saturated carbocycles. The minimum Gasteiger partial charge on any atom is -0.497 e. The number of carbonyl (C=O) groups is 1. The summed E-state index contributed by atoms with van der Waals surface area (Å²) in [7, 11) is 1.54. The zero-order chi connectivity index (χ0) is 27.7. The fraction of sp³-hybridized carbons (Fsp3) is 0.250. The number of hydrogen-bond donors (Lipinski definition) is 2. The molecule has 38 heavy (non-hydrogen) atoms. The van der Waals surface area contributed by atoms with Gasteiger partial charge in [0.25, 0.3) is 0 Å². The zero-order valence-electron chi connectivity index (χ0n) is 21.3. The number of anilines is 2. The van der Waals surface area contributed by atoms with Gasteiger partial charge in [-0.3, -0.25) is 4.90 Å². The van der Waals surface area contributed by atoms with Gasteiger partial charge in [-0.2, -0.15) is 13.2 Å². The van der Waals surface area contributed by atoms with Gasteiger partial charge >= 0.3 is 12.3 Å². The van der Waals surface area contributed by atoms with Crippen molar-refractivity contribution in [3.8, 4) is 17.0 Å². The Kier molecular flexibility index (Phi) is 7.17. The first-order valence-electron chi connectivity index (χ1n) is 11.8. The normalized spacial score (nSPS) is 11.9. The molecular formula is C28H27F3N4O3. The molecule has 0 fully saturated rings. The molecule has 0 aliphatic carbocycles. The lowest BCUT2D eigenvalue weighted by atomic mass is 9.98. The molecule has 1 amide bonds. The lowest BCUT2D eigenvalue weighted by Gasteiger charge is -2.34. The highest BCUT2D eigenvalue weighted by molar-refractivity contribution is 6.04. The Morgan fingerprint density at radius 3 is 2.47 bits per heavy atom. The number of hydrogen-bond acceptors (Lipinski definition) is 5. The van der Waals surface area contributed by atoms with Crippen molar-refractivity contribution in [1.82, 2.24) is 9.97 Å². The van der Waals surface area contributed by atoms with Gasteiger partial charge in [-0.25, -0.2) is 14.8 Å². The second kappa shape index (κ2) is 10.2. The molecule has 3 aromatic carbocycles. The van der Waals surface area contributed by atoms with Gasteiger partial charge in [0.15, 0.2) is 0 Å². The number of nitrogens with one attached hydrogen (secondary N) is 1. The summed E-state index contributed by atoms with van der Waals surface area (Å²) in [5.74, 6) is 0.816. The van der Waals surface area contributed by atoms with E-state index in [-0.39, 0.29) is 12.5 Å². The molecular weight excluding hydrogens is 497 g/mol. The maximum Gasteiger partial charge on any atom is 0.416 e. The van der Waals surface area contributed by atoms with Crippen LogP contribution in [0.15, 0.2) is 66.9 Å². The lowest BCUT2D eigenvalue weighted by Crippen LogP contribution is -2.45. The van der Waals surface area contributed by atoms with Crippen molar-refractivity contribution in [1.29, 1.82) is 0 Å². The molecule has 0 radical (unpaired) electrons. The summed E-state index contributed by atoms with van der Waals surface area (Å²) in [5, 5.41) is 14.5. The second-order valence-electron chi connectivity index (χ2n) is 9.69. The topological polar surface area (TPSA) is 87.6 Å². The van der Waals surface area contributed by atoms with E-state index in [1.165, 1.54) is 17.2 Å². The summed E-state index contributed by atoms with van der Waals surface area (Å²) >= 11 is 0. The molecule has 10 heteroatoms. The van der Waals surface area contributed by atoms with E-state index in [2.05, 4.69) is 15.3 Å². The van der Waals surface area contributed by atoms with Crippen LogP contribution in [0, 0.1) is 0 Å². The summed E-state index contributed by atoms with van der Waals surface area (Å²) in [6.07, 6.45) is -4.00. The van der Waals surface area contributed by atoms with Crippen LogP contribution in [-0.2, 0) is 12.7 Å². The molecule has 0 saturated heterocycles. The van der Waals surface area contributed by atoms with E-state index in [0.29, 0.717) is 33.6 Å². The molecule has 2 N–H and O–H groups in total. The first-order valence-corrected chi connectivity index (χ1v) is 11.8. The largest absolute Gasteiger partial charge is 0.497 e. The van der Waals surface area contributed by atoms with Gasteiger partial charge in [0.05, 0.1) is 24.1 Å². The molecule has 4 aromatic rings. The number of amides is 1. The molecule has 0 aliphatic heterocycles. The van der Waals surface area contributed by atoms with Crippen molar-refractivity contribution in [2.75, 3.05) is 17.3 Å². The maximum absolute atomic E-state index is 13.0. The predicted octanol–water partition coefficient (Wildman–Crippen LogP) is 7.22. The molecule has 0 aliphatic rings. The fourth-order valence-corrected chi connectivity index (χ4v) is 4.17. The SMILES string of the molecule is COc1ccc2cc(-c3ccnc(NCc4cccc(C(F)(F)F)c4)n3)cc(N(C(=O)O)C(C)(C)C)c2c1. The number of ether oxygens (including phenoxy) is 1. The summed E-state index contributed by atoms with van der Waals surface area (Å²) in [6.45, 7) is 5.51. The number of halogens is 3. The van der Waals surface area contributed by atoms with E-state index in [0.717, 1.165) is 17.5 Å². The van der Waals surface area contributed by atoms with Gasteiger partial charge < -0.3 is 15.2 Å². The van der Waals surface area contributed by atoms with Crippen LogP contribution in [0.3, 0.4) is 0 Å². The third-order valence-electron chi connectivity index (χ3n) is 5.90. The van der Waals surface area contributed by atoms with Crippen LogP contribution in [0.2, 0.25) is 0 Å². The van der Waals surface area contributed by atoms with E-state index in [1.807, 2.05) is 12.1 Å². The number of methoxy groups -OCH3 is 1. The van der Waals surface area contributed by atoms with E-state index >= 15 is 0 Å². The summed E-state index contributed by atoms with van der Waals surface area (Å²) in [6, 6.07) is 15.8. The number of benzene rings is 3. The van der Waals surface area contributed by atoms with Crippen LogP contribution >= 0.6 is 0 Å². The Bertz CT molecular complexity index is 1480. The monoisotopic (exact) mass is 524 g/mol. The maximum atomic E-state index is 13.0. The number of alkyl halides is 3. The highest BCUT2D eigenvalue weighted by atomic mass is 19.4. The minimum absolute atomic E-state index is 0.0902. The van der Waals surface area contributed by atoms with Crippen LogP contribution in [0.4, 0.5) is 29.6 Å². The third kappa shape index (κ3) is 5.80. The van der Waals surface area contributed by atoms with Gasteiger partial charge in [-0.15, -0.1) is 0 Å². The predicted molar refractivity (Wildman–Crippen MR) is 141 cm³/mol. The van der Waals surface area contributed by atoms with Crippen LogP contribution in [0.1, 0.15) is 31.9 Å². The van der Waals surface area contributed by atoms with E-state index in [4.69, 9.17) is 4.74 Å². The number of nitrogens with zero attached hydrogens (tertiary/aromatic N) is 3. The molecule has 0 unspecified atom stereocenters. The average Bonchev–Trinajstić information content (AvgIpc) is 2.86. The third-order valence-corrected chi connectivity index (χ3v) is 5.90. The Balaban J connectivity index is 1.73. The zero-order valence-corrected chi connectivity index (χ0v) is 21.3. The summed E-state index contributed by atoms with van der Waals surface area (Å²) in [4.78, 5) is 22.4. The van der Waals surface area contributed by atoms with Crippen molar-refractivity contribution in [2.45, 2.75) is 39.0 Å². The lowest BCUT2D eigenvalue weighted by molar-refractivity contribution is -0.137. The van der Waals surface area contributed by atoms with Crippen molar-refractivity contribution in [3.05, 3.63) is 78.0 Å². The first kappa shape index (κ1) is 26.7. The van der Waals surface area contributed by atoms with Gasteiger partial charge in [0, 0.05) is 29.2 Å². The Morgan fingerprint density at radius 2 is 1.82 bits per heavy atom. The highest BCUT2D eigenvalue weighted by Crippen LogP contribution is 2.38. The van der Waals surface area contributed by atoms with Crippen molar-refractivity contribution in [2.24, 2.45) is 0 Å². The molecule has 7 nitrogen and oxygen atoms in total. The standard InChI is InChI=1S/C28H27F3N4O3/c1-27(2,3)35(26(36)37)24-14-19(13-18-8-9-21(38-4)15-22(18)24)23-10-11-32-25(34-23)33-16-17-6-5-7-20(12-17)28(29,30)31/h5-15H,16H2,1-4H3,(H,36,37)(H,32,33,34). The molecule has 198 valence electrons. The van der Waals surface area contributed by atoms with E-state index in [1.54, 1.807) is 58.2 Å². The van der Waals surface area contributed by atoms with Crippen molar-refractivity contribution < 1.29 is 27.8 Å². The molecule has 4 rings (SSSR count). The van der Waals surface area contributed by atoms with Crippen LogP contribution in [0.25, 0.3) is 22.0 Å². The molecule has 0 bridgehead atoms. The smallest absolute Gasteiger partial charge is 0.416 e. The fourth-order valence-electron chi connectivity index (χ4n) is 4.17. The van der Waals surface area contributed by atoms with E-state index in [9.17, 15) is 23.1 Å². The van der Waals surface area contributed by atoms with Crippen LogP contribution in [0.5, 0.6) is 5.75 Å². The van der Waals surface area contributed by atoms with Crippen molar-refractivity contribution in [3.63, 3.8) is 0 Å². The highest BCUT2D eigenvalue weighted by Gasteiger charge is 2.31. The Hall–Kier alpha value is -4.34. The van der Waals surface area contributed by atoms with E-state index < -0.39 is 23.4 Å². The Morgan fingerprint density at radius 1 is 1.05 bits per heavy atom. The number of aromatic nitrogens is 2. The average molecular weight is 525 g/mol. The number of fused-ring (bicyclic) bond motifs is 1. The molecule has 1 aromatic heterocycles. The van der Waals surface area contributed by atoms with Gasteiger partial charge in [-0.1, -0.05) is 18.2 Å². The summed E-state index contributed by atoms with van der Waals surface area (Å²) in [5.41, 5.74) is 0.590. The quantitative estimate of drug-likeness (QED) is 0.277. The number of rotatable bonds is 6. The van der Waals surface area contributed by atoms with Crippen LogP contribution in [-0.4, -0.2) is 33.8 Å². The Labute approximate surface area is 217 Å². The van der Waals surface area contributed by atoms with Gasteiger partial charge in [0.2, 0.25) is 5.95 Å². The number of carboxylic acid groups (broad SMARTS) is 1. The first-order chi connectivity index (χ1) is 17.9. The van der Waals surface area contributed by atoms with Crippen molar-refractivity contribution >= 4 is 28.5 Å². The second-order valence-corrected chi connectivity index (χ2v) is 9.69. The van der Waals surface area contributed by atoms with Crippen LogP contribution < -0.4 is 15.0 Å². The minimum atomic E-state index is -4.43. The summed E-state index contributed by atoms with van der Waals surface area (Å²) < 4.78 is 44.5. The molecule has 0 spiro atoms. The van der Waals surface area contributed by atoms with Gasteiger partial charge in [0.1, 0.15) is 5.75 Å². The van der Waals surface area contributed by atoms with Gasteiger partial charge in [-0.05, 0) is 74.2 Å².